The second-order valence-corrected chi connectivity index (χ2v) is 5.90. The first kappa shape index (κ1) is 13.0. The summed E-state index contributed by atoms with van der Waals surface area (Å²) >= 11 is 0. The van der Waals surface area contributed by atoms with Gasteiger partial charge in [0.1, 0.15) is 0 Å². The van der Waals surface area contributed by atoms with E-state index in [0.717, 1.165) is 37.5 Å². The molecule has 0 bridgehead atoms. The van der Waals surface area contributed by atoms with Gasteiger partial charge in [-0.25, -0.2) is 8.78 Å². The first-order valence-corrected chi connectivity index (χ1v) is 6.98. The normalized spacial score (nSPS) is 31.1. The average Bonchev–Trinajstić information content (AvgIpc) is 2.93. The van der Waals surface area contributed by atoms with E-state index in [0.29, 0.717) is 12.0 Å². The summed E-state index contributed by atoms with van der Waals surface area (Å²) in [6.45, 7) is 3.01. The maximum atomic E-state index is 12.5. The standard InChI is InChI=1S/C15H20F2N2/c16-15(17)11-3-1-10(2-4-11)7-19-8-12-5-6-14(18)13(12)9-19/h1-4,12-15H,5-9,18H2. The molecule has 0 radical (unpaired) electrons. The van der Waals surface area contributed by atoms with Crippen molar-refractivity contribution >= 4 is 0 Å². The van der Waals surface area contributed by atoms with Crippen LogP contribution in [0.2, 0.25) is 0 Å². The molecule has 2 nitrogen and oxygen atoms in total. The number of hydrogen-bond acceptors (Lipinski definition) is 2. The van der Waals surface area contributed by atoms with Crippen molar-refractivity contribution in [2.75, 3.05) is 13.1 Å². The van der Waals surface area contributed by atoms with Crippen LogP contribution in [0.3, 0.4) is 0 Å². The molecule has 1 aromatic rings. The van der Waals surface area contributed by atoms with Gasteiger partial charge in [-0.05, 0) is 30.2 Å². The van der Waals surface area contributed by atoms with Crippen LogP contribution < -0.4 is 5.73 Å². The Balaban J connectivity index is 1.60. The van der Waals surface area contributed by atoms with Crippen molar-refractivity contribution in [2.24, 2.45) is 17.6 Å². The van der Waals surface area contributed by atoms with Gasteiger partial charge < -0.3 is 5.73 Å². The van der Waals surface area contributed by atoms with Gasteiger partial charge in [-0.15, -0.1) is 0 Å². The van der Waals surface area contributed by atoms with Gasteiger partial charge in [0, 0.05) is 31.2 Å². The van der Waals surface area contributed by atoms with E-state index in [1.807, 2.05) is 12.1 Å². The number of hydrogen-bond donors (Lipinski definition) is 1. The minimum Gasteiger partial charge on any atom is -0.327 e. The molecule has 0 amide bonds. The molecule has 1 aromatic carbocycles. The maximum Gasteiger partial charge on any atom is 0.263 e. The molecule has 0 spiro atoms. The zero-order chi connectivity index (χ0) is 13.4. The topological polar surface area (TPSA) is 29.3 Å². The number of alkyl halides is 2. The Bertz CT molecular complexity index is 432. The Morgan fingerprint density at radius 3 is 2.53 bits per heavy atom. The van der Waals surface area contributed by atoms with Gasteiger partial charge in [-0.3, -0.25) is 4.90 Å². The van der Waals surface area contributed by atoms with E-state index in [2.05, 4.69) is 4.90 Å². The van der Waals surface area contributed by atoms with Gasteiger partial charge in [0.2, 0.25) is 0 Å². The quantitative estimate of drug-likeness (QED) is 0.911. The van der Waals surface area contributed by atoms with Crippen LogP contribution in [0.15, 0.2) is 24.3 Å². The second-order valence-electron chi connectivity index (χ2n) is 5.90. The van der Waals surface area contributed by atoms with Gasteiger partial charge in [-0.2, -0.15) is 0 Å². The van der Waals surface area contributed by atoms with E-state index in [1.165, 1.54) is 18.6 Å². The fraction of sp³-hybridized carbons (Fsp3) is 0.600. The molecule has 19 heavy (non-hydrogen) atoms. The van der Waals surface area contributed by atoms with E-state index >= 15 is 0 Å². The van der Waals surface area contributed by atoms with Crippen molar-refractivity contribution in [3.63, 3.8) is 0 Å². The number of fused-ring (bicyclic) bond motifs is 1. The van der Waals surface area contributed by atoms with Crippen molar-refractivity contribution in [1.82, 2.24) is 4.90 Å². The minimum atomic E-state index is -2.38. The third-order valence-corrected chi connectivity index (χ3v) is 4.63. The summed E-state index contributed by atoms with van der Waals surface area (Å²) < 4.78 is 25.0. The summed E-state index contributed by atoms with van der Waals surface area (Å²) in [5, 5.41) is 0. The van der Waals surface area contributed by atoms with Crippen LogP contribution in [0.4, 0.5) is 8.78 Å². The second kappa shape index (κ2) is 5.17. The molecule has 1 saturated carbocycles. The van der Waals surface area contributed by atoms with Gasteiger partial charge in [0.25, 0.3) is 6.43 Å². The first-order chi connectivity index (χ1) is 9.13. The number of benzene rings is 1. The molecule has 1 aliphatic carbocycles. The predicted molar refractivity (Wildman–Crippen MR) is 70.9 cm³/mol. The van der Waals surface area contributed by atoms with Crippen molar-refractivity contribution in [3.05, 3.63) is 35.4 Å². The van der Waals surface area contributed by atoms with Crippen LogP contribution >= 0.6 is 0 Å². The monoisotopic (exact) mass is 266 g/mol. The van der Waals surface area contributed by atoms with Gasteiger partial charge in [0.05, 0.1) is 0 Å². The SMILES string of the molecule is NC1CCC2CN(Cc3ccc(C(F)F)cc3)CC12. The molecule has 104 valence electrons. The highest BCUT2D eigenvalue weighted by molar-refractivity contribution is 5.23. The lowest BCUT2D eigenvalue weighted by Gasteiger charge is -2.18. The Hall–Kier alpha value is -1.00. The number of rotatable bonds is 3. The molecule has 2 aliphatic rings. The van der Waals surface area contributed by atoms with E-state index < -0.39 is 6.43 Å². The molecular formula is C15H20F2N2. The smallest absolute Gasteiger partial charge is 0.263 e. The highest BCUT2D eigenvalue weighted by atomic mass is 19.3. The van der Waals surface area contributed by atoms with Crippen molar-refractivity contribution in [1.29, 1.82) is 0 Å². The lowest BCUT2D eigenvalue weighted by atomic mass is 9.98. The van der Waals surface area contributed by atoms with E-state index in [1.54, 1.807) is 0 Å². The number of halogens is 2. The summed E-state index contributed by atoms with van der Waals surface area (Å²) in [5.41, 5.74) is 7.33. The summed E-state index contributed by atoms with van der Waals surface area (Å²) in [4.78, 5) is 2.41. The zero-order valence-electron chi connectivity index (χ0n) is 10.9. The molecule has 1 aliphatic heterocycles. The number of nitrogens with zero attached hydrogens (tertiary/aromatic N) is 1. The zero-order valence-corrected chi connectivity index (χ0v) is 10.9. The molecule has 4 heteroatoms. The van der Waals surface area contributed by atoms with Gasteiger partial charge in [-0.1, -0.05) is 24.3 Å². The van der Waals surface area contributed by atoms with Crippen molar-refractivity contribution in [2.45, 2.75) is 31.9 Å². The lowest BCUT2D eigenvalue weighted by Crippen LogP contribution is -2.30. The predicted octanol–water partition coefficient (Wildman–Crippen LogP) is 2.79. The Morgan fingerprint density at radius 1 is 1.16 bits per heavy atom. The van der Waals surface area contributed by atoms with Crippen molar-refractivity contribution in [3.8, 4) is 0 Å². The fourth-order valence-corrected chi connectivity index (χ4v) is 3.56. The highest BCUT2D eigenvalue weighted by Gasteiger charge is 2.40. The van der Waals surface area contributed by atoms with Crippen LogP contribution in [-0.4, -0.2) is 24.0 Å². The van der Waals surface area contributed by atoms with E-state index in [4.69, 9.17) is 5.73 Å². The maximum absolute atomic E-state index is 12.5. The number of likely N-dealkylation sites (tertiary alicyclic amines) is 1. The Kier molecular flexibility index (Phi) is 3.54. The highest BCUT2D eigenvalue weighted by Crippen LogP contribution is 2.37. The van der Waals surface area contributed by atoms with Crippen LogP contribution in [0.1, 0.15) is 30.4 Å². The molecule has 1 saturated heterocycles. The van der Waals surface area contributed by atoms with E-state index in [-0.39, 0.29) is 5.56 Å². The lowest BCUT2D eigenvalue weighted by molar-refractivity contribution is 0.151. The van der Waals surface area contributed by atoms with E-state index in [9.17, 15) is 8.78 Å². The summed E-state index contributed by atoms with van der Waals surface area (Å²) in [6.07, 6.45) is 0.0250. The molecule has 1 heterocycles. The minimum absolute atomic E-state index is 0.101. The summed E-state index contributed by atoms with van der Waals surface area (Å²) in [7, 11) is 0. The number of nitrogens with two attached hydrogens (primary N) is 1. The van der Waals surface area contributed by atoms with Crippen LogP contribution in [0, 0.1) is 11.8 Å². The van der Waals surface area contributed by atoms with Crippen LogP contribution in [0.5, 0.6) is 0 Å². The molecule has 0 aromatic heterocycles. The van der Waals surface area contributed by atoms with Crippen LogP contribution in [-0.2, 0) is 6.54 Å². The third kappa shape index (κ3) is 2.65. The fourth-order valence-electron chi connectivity index (χ4n) is 3.56. The summed E-state index contributed by atoms with van der Waals surface area (Å²) in [6, 6.07) is 7.05. The molecule has 3 rings (SSSR count). The third-order valence-electron chi connectivity index (χ3n) is 4.63. The van der Waals surface area contributed by atoms with Gasteiger partial charge in [0.15, 0.2) is 0 Å². The molecule has 2 fully saturated rings. The van der Waals surface area contributed by atoms with Crippen molar-refractivity contribution < 1.29 is 8.78 Å². The Morgan fingerprint density at radius 2 is 1.89 bits per heavy atom. The molecular weight excluding hydrogens is 246 g/mol. The largest absolute Gasteiger partial charge is 0.327 e. The summed E-state index contributed by atoms with van der Waals surface area (Å²) in [5.74, 6) is 1.38. The first-order valence-electron chi connectivity index (χ1n) is 6.98. The average molecular weight is 266 g/mol. The molecule has 3 unspecified atom stereocenters. The molecule has 2 N–H and O–H groups in total. The van der Waals surface area contributed by atoms with Crippen LogP contribution in [0.25, 0.3) is 0 Å². The Labute approximate surface area is 112 Å². The molecule has 3 atom stereocenters. The van der Waals surface area contributed by atoms with Gasteiger partial charge >= 0.3 is 0 Å².